The van der Waals surface area contributed by atoms with Gasteiger partial charge in [-0.3, -0.25) is 9.78 Å². The Morgan fingerprint density at radius 3 is 2.15 bits per heavy atom. The van der Waals surface area contributed by atoms with Crippen molar-refractivity contribution in [3.63, 3.8) is 0 Å². The summed E-state index contributed by atoms with van der Waals surface area (Å²) in [6.07, 6.45) is 4.91. The van der Waals surface area contributed by atoms with E-state index >= 15 is 0 Å². The van der Waals surface area contributed by atoms with Gasteiger partial charge in [-0.25, -0.2) is 0 Å². The van der Waals surface area contributed by atoms with Crippen LogP contribution in [0.3, 0.4) is 0 Å². The smallest absolute Gasteiger partial charge is 0.162 e. The number of pyridine rings is 1. The number of thiophene rings is 1. The molecule has 6 rings (SSSR count). The van der Waals surface area contributed by atoms with E-state index < -0.39 is 0 Å². The molecule has 0 atom stereocenters. The second-order valence-corrected chi connectivity index (χ2v) is 12.1. The van der Waals surface area contributed by atoms with Gasteiger partial charge in [0.15, 0.2) is 5.78 Å². The van der Waals surface area contributed by atoms with E-state index in [1.165, 1.54) is 41.0 Å². The molecular formula is C34H34IrNO2S2-. The molecule has 0 unspecified atom stereocenters. The monoisotopic (exact) mass is 745 g/mol. The van der Waals surface area contributed by atoms with Crippen molar-refractivity contribution in [2.24, 2.45) is 11.8 Å². The molecule has 6 heteroatoms. The van der Waals surface area contributed by atoms with Crippen molar-refractivity contribution in [1.82, 2.24) is 4.98 Å². The number of aliphatic hydroxyl groups excluding tert-OH is 1. The van der Waals surface area contributed by atoms with Gasteiger partial charge in [0.05, 0.1) is 11.3 Å². The van der Waals surface area contributed by atoms with Gasteiger partial charge in [-0.1, -0.05) is 57.3 Å². The predicted molar refractivity (Wildman–Crippen MR) is 170 cm³/mol. The third kappa shape index (κ3) is 5.87. The molecule has 40 heavy (non-hydrogen) atoms. The SMILES string of the molecule is CCC(CC)C(=O)/C=C(\O)C(CC)CC.[Ir].[c-]1ccc2sc3cccc4sc5cc6ccccc6nc5c1c2c43. The first-order chi connectivity index (χ1) is 19.0. The summed E-state index contributed by atoms with van der Waals surface area (Å²) < 4.78 is 5.18. The zero-order chi connectivity index (χ0) is 27.5. The molecule has 0 aliphatic heterocycles. The molecule has 1 N–H and O–H groups in total. The van der Waals surface area contributed by atoms with Crippen molar-refractivity contribution in [3.05, 3.63) is 78.6 Å². The number of hydrogen-bond acceptors (Lipinski definition) is 5. The van der Waals surface area contributed by atoms with Crippen LogP contribution >= 0.6 is 22.7 Å². The van der Waals surface area contributed by atoms with Crippen LogP contribution in [0.1, 0.15) is 53.4 Å². The van der Waals surface area contributed by atoms with Crippen LogP contribution in [-0.4, -0.2) is 15.9 Å². The van der Waals surface area contributed by atoms with Crippen molar-refractivity contribution in [2.75, 3.05) is 0 Å². The van der Waals surface area contributed by atoms with Crippen LogP contribution in [0.5, 0.6) is 0 Å². The molecule has 0 aliphatic carbocycles. The molecule has 6 aromatic rings. The Bertz CT molecular complexity index is 1810. The quantitative estimate of drug-likeness (QED) is 0.101. The van der Waals surface area contributed by atoms with Crippen molar-refractivity contribution in [1.29, 1.82) is 0 Å². The van der Waals surface area contributed by atoms with Gasteiger partial charge in [0, 0.05) is 57.6 Å². The summed E-state index contributed by atoms with van der Waals surface area (Å²) in [5.41, 5.74) is 2.10. The maximum absolute atomic E-state index is 11.7. The summed E-state index contributed by atoms with van der Waals surface area (Å²) in [6, 6.07) is 24.9. The molecule has 3 nitrogen and oxygen atoms in total. The van der Waals surface area contributed by atoms with E-state index in [0.717, 1.165) is 42.1 Å². The fourth-order valence-electron chi connectivity index (χ4n) is 5.30. The van der Waals surface area contributed by atoms with Crippen LogP contribution in [0.4, 0.5) is 0 Å². The summed E-state index contributed by atoms with van der Waals surface area (Å²) in [7, 11) is 0. The molecule has 0 bridgehead atoms. The number of fused-ring (bicyclic) bond motifs is 3. The van der Waals surface area contributed by atoms with Crippen molar-refractivity contribution >= 4 is 79.8 Å². The fraction of sp³-hybridized carbons (Fsp3) is 0.294. The fourth-order valence-corrected chi connectivity index (χ4v) is 7.63. The molecule has 0 amide bonds. The average molecular weight is 745 g/mol. The number of rotatable bonds is 7. The van der Waals surface area contributed by atoms with Crippen LogP contribution in [-0.2, 0) is 24.9 Å². The van der Waals surface area contributed by atoms with Gasteiger partial charge in [0.2, 0.25) is 0 Å². The molecular weight excluding hydrogens is 711 g/mol. The largest absolute Gasteiger partial charge is 0.512 e. The Labute approximate surface area is 257 Å². The van der Waals surface area contributed by atoms with E-state index in [-0.39, 0.29) is 43.5 Å². The maximum atomic E-state index is 11.7. The Morgan fingerprint density at radius 2 is 1.48 bits per heavy atom. The summed E-state index contributed by atoms with van der Waals surface area (Å²) in [5, 5.41) is 14.7. The number of aromatic nitrogens is 1. The summed E-state index contributed by atoms with van der Waals surface area (Å²) >= 11 is 3.68. The number of hydrogen-bond donors (Lipinski definition) is 1. The molecule has 0 saturated heterocycles. The van der Waals surface area contributed by atoms with E-state index in [1.807, 2.05) is 62.5 Å². The van der Waals surface area contributed by atoms with Gasteiger partial charge in [-0.15, -0.1) is 34.9 Å². The standard InChI is InChI=1S/C21H10NS2.C13H24O2.Ir/c1-2-7-14-12(5-1)11-18-21(22-14)13-6-3-8-15-19(13)20-16(23-15)9-4-10-17(20)24-18;1-5-10(6-2)12(14)9-13(15)11(7-3)8-4;/h1-5,7-11H;9-11,14H,5-8H2,1-4H3;/q-1;;/b;12-9-;. The molecule has 0 fully saturated rings. The number of nitrogens with zero attached hydrogens (tertiary/aromatic N) is 1. The predicted octanol–water partition coefficient (Wildman–Crippen LogP) is 10.6. The number of allylic oxidation sites excluding steroid dienone is 2. The summed E-state index contributed by atoms with van der Waals surface area (Å²) in [4.78, 5) is 16.7. The minimum atomic E-state index is 0. The van der Waals surface area contributed by atoms with Crippen LogP contribution in [0.15, 0.2) is 72.5 Å². The average Bonchev–Trinajstić information content (AvgIpc) is 3.27. The van der Waals surface area contributed by atoms with Crippen molar-refractivity contribution in [2.45, 2.75) is 53.4 Å². The van der Waals surface area contributed by atoms with Gasteiger partial charge in [-0.05, 0) is 65.4 Å². The van der Waals surface area contributed by atoms with E-state index in [1.54, 1.807) is 0 Å². The van der Waals surface area contributed by atoms with Crippen LogP contribution in [0.25, 0.3) is 51.4 Å². The first-order valence-electron chi connectivity index (χ1n) is 13.9. The molecule has 0 spiro atoms. The zero-order valence-electron chi connectivity index (χ0n) is 23.3. The number of para-hydroxylation sites is 1. The third-order valence-corrected chi connectivity index (χ3v) is 9.86. The van der Waals surface area contributed by atoms with Gasteiger partial charge >= 0.3 is 0 Å². The second-order valence-electron chi connectivity index (χ2n) is 9.95. The second kappa shape index (κ2) is 13.4. The van der Waals surface area contributed by atoms with E-state index in [4.69, 9.17) is 4.98 Å². The Hall–Kier alpha value is -2.63. The Morgan fingerprint density at radius 1 is 0.850 bits per heavy atom. The van der Waals surface area contributed by atoms with Crippen LogP contribution < -0.4 is 0 Å². The number of benzene rings is 3. The van der Waals surface area contributed by atoms with E-state index in [2.05, 4.69) is 54.6 Å². The van der Waals surface area contributed by atoms with Crippen LogP contribution in [0.2, 0.25) is 0 Å². The minimum Gasteiger partial charge on any atom is -0.512 e. The van der Waals surface area contributed by atoms with Gasteiger partial charge in [0.25, 0.3) is 0 Å². The van der Waals surface area contributed by atoms with E-state index in [9.17, 15) is 9.90 Å². The molecule has 3 heterocycles. The van der Waals surface area contributed by atoms with Gasteiger partial charge in [0.1, 0.15) is 0 Å². The molecule has 3 aromatic heterocycles. The molecule has 0 saturated carbocycles. The summed E-state index contributed by atoms with van der Waals surface area (Å²) in [6.45, 7) is 8.07. The molecule has 209 valence electrons. The number of carbonyl (C=O) groups excluding carboxylic acids is 1. The van der Waals surface area contributed by atoms with Crippen molar-refractivity contribution in [3.8, 4) is 0 Å². The maximum Gasteiger partial charge on any atom is 0.162 e. The number of aliphatic hydroxyl groups is 1. The minimum absolute atomic E-state index is 0. The Kier molecular flexibility index (Phi) is 10.1. The van der Waals surface area contributed by atoms with Crippen molar-refractivity contribution < 1.29 is 30.0 Å². The zero-order valence-corrected chi connectivity index (χ0v) is 27.3. The molecule has 0 aliphatic rings. The topological polar surface area (TPSA) is 50.2 Å². The van der Waals surface area contributed by atoms with Gasteiger partial charge in [-0.2, -0.15) is 11.3 Å². The third-order valence-electron chi connectivity index (χ3n) is 7.64. The Balaban J connectivity index is 0.000000204. The normalized spacial score (nSPS) is 12.0. The molecule has 1 radical (unpaired) electrons. The number of carbonyl (C=O) groups is 1. The number of ketones is 1. The summed E-state index contributed by atoms with van der Waals surface area (Å²) in [5.74, 6) is 0.547. The van der Waals surface area contributed by atoms with E-state index in [0.29, 0.717) is 0 Å². The first-order valence-corrected chi connectivity index (χ1v) is 15.5. The van der Waals surface area contributed by atoms with Gasteiger partial charge < -0.3 is 5.11 Å². The first kappa shape index (κ1) is 30.3. The van der Waals surface area contributed by atoms with Crippen LogP contribution in [0, 0.1) is 17.9 Å². The molecule has 3 aromatic carbocycles.